The fourth-order valence-electron chi connectivity index (χ4n) is 1.54. The van der Waals surface area contributed by atoms with Gasteiger partial charge in [-0.1, -0.05) is 0 Å². The van der Waals surface area contributed by atoms with Crippen LogP contribution in [0.3, 0.4) is 0 Å². The van der Waals surface area contributed by atoms with Crippen molar-refractivity contribution in [1.29, 1.82) is 0 Å². The summed E-state index contributed by atoms with van der Waals surface area (Å²) in [6.45, 7) is 1.49. The van der Waals surface area contributed by atoms with Crippen molar-refractivity contribution in [1.82, 2.24) is 10.6 Å². The Hall–Kier alpha value is -0.610. The van der Waals surface area contributed by atoms with Crippen LogP contribution in [0.2, 0.25) is 0 Å². The lowest BCUT2D eigenvalue weighted by Crippen LogP contribution is -2.37. The molecule has 1 rings (SSSR count). The van der Waals surface area contributed by atoms with Crippen LogP contribution in [0, 0.1) is 5.92 Å². The molecule has 0 heterocycles. The average molecular weight is 200 g/mol. The van der Waals surface area contributed by atoms with E-state index in [1.165, 1.54) is 12.8 Å². The smallest absolute Gasteiger partial charge is 0.221 e. The van der Waals surface area contributed by atoms with Crippen LogP contribution >= 0.6 is 0 Å². The molecule has 14 heavy (non-hydrogen) atoms. The van der Waals surface area contributed by atoms with E-state index in [2.05, 4.69) is 10.6 Å². The number of methoxy groups -OCH3 is 1. The molecule has 1 aliphatic rings. The number of ether oxygens (including phenoxy) is 1. The maximum absolute atomic E-state index is 11.0. The Balaban J connectivity index is 2.10. The molecule has 0 saturated heterocycles. The summed E-state index contributed by atoms with van der Waals surface area (Å²) in [5.74, 6) is 0.851. The monoisotopic (exact) mass is 200 g/mol. The third kappa shape index (κ3) is 4.07. The molecule has 0 spiro atoms. The standard InChI is InChI=1S/C10H20N2O2/c1-11-10(13)5-6-12-9(7-14-2)8-3-4-8/h8-9,12H,3-7H2,1-2H3,(H,11,13). The molecule has 0 radical (unpaired) electrons. The lowest BCUT2D eigenvalue weighted by atomic mass is 10.2. The van der Waals surface area contributed by atoms with E-state index in [0.29, 0.717) is 12.5 Å². The van der Waals surface area contributed by atoms with Gasteiger partial charge in [-0.15, -0.1) is 0 Å². The van der Waals surface area contributed by atoms with Gasteiger partial charge in [-0.25, -0.2) is 0 Å². The minimum atomic E-state index is 0.0875. The van der Waals surface area contributed by atoms with Gasteiger partial charge < -0.3 is 15.4 Å². The van der Waals surface area contributed by atoms with Crippen LogP contribution in [0.5, 0.6) is 0 Å². The zero-order chi connectivity index (χ0) is 10.4. The fraction of sp³-hybridized carbons (Fsp3) is 0.900. The lowest BCUT2D eigenvalue weighted by Gasteiger charge is -2.16. The Kier molecular flexibility index (Phi) is 4.90. The first-order valence-electron chi connectivity index (χ1n) is 5.20. The van der Waals surface area contributed by atoms with Crippen LogP contribution in [0.1, 0.15) is 19.3 Å². The van der Waals surface area contributed by atoms with Crippen LogP contribution in [0.25, 0.3) is 0 Å². The minimum absolute atomic E-state index is 0.0875. The van der Waals surface area contributed by atoms with Crippen LogP contribution in [-0.4, -0.2) is 39.3 Å². The maximum atomic E-state index is 11.0. The molecule has 1 fully saturated rings. The van der Waals surface area contributed by atoms with Gasteiger partial charge in [0, 0.05) is 33.2 Å². The van der Waals surface area contributed by atoms with Gasteiger partial charge in [-0.05, 0) is 18.8 Å². The Morgan fingerprint density at radius 2 is 2.29 bits per heavy atom. The third-order valence-corrected chi connectivity index (χ3v) is 2.57. The molecule has 0 bridgehead atoms. The molecule has 4 heteroatoms. The highest BCUT2D eigenvalue weighted by Gasteiger charge is 2.30. The van der Waals surface area contributed by atoms with E-state index in [-0.39, 0.29) is 5.91 Å². The van der Waals surface area contributed by atoms with E-state index in [4.69, 9.17) is 4.74 Å². The number of nitrogens with one attached hydrogen (secondary N) is 2. The average Bonchev–Trinajstić information content (AvgIpc) is 2.99. The van der Waals surface area contributed by atoms with Gasteiger partial charge >= 0.3 is 0 Å². The van der Waals surface area contributed by atoms with Gasteiger partial charge in [0.1, 0.15) is 0 Å². The summed E-state index contributed by atoms with van der Waals surface area (Å²) in [7, 11) is 3.38. The Morgan fingerprint density at radius 3 is 2.79 bits per heavy atom. The van der Waals surface area contributed by atoms with Gasteiger partial charge in [0.25, 0.3) is 0 Å². The summed E-state index contributed by atoms with van der Waals surface area (Å²) < 4.78 is 5.13. The van der Waals surface area contributed by atoms with Gasteiger partial charge in [0.15, 0.2) is 0 Å². The Morgan fingerprint density at radius 1 is 1.57 bits per heavy atom. The molecule has 1 aliphatic carbocycles. The third-order valence-electron chi connectivity index (χ3n) is 2.57. The fourth-order valence-corrected chi connectivity index (χ4v) is 1.54. The van der Waals surface area contributed by atoms with Crippen molar-refractivity contribution in [3.8, 4) is 0 Å². The van der Waals surface area contributed by atoms with Gasteiger partial charge in [0.2, 0.25) is 5.91 Å². The molecule has 82 valence electrons. The van der Waals surface area contributed by atoms with Crippen LogP contribution in [0.4, 0.5) is 0 Å². The van der Waals surface area contributed by atoms with Crippen molar-refractivity contribution >= 4 is 5.91 Å². The molecule has 2 N–H and O–H groups in total. The first kappa shape index (κ1) is 11.5. The van der Waals surface area contributed by atoms with Crippen molar-refractivity contribution in [2.24, 2.45) is 5.92 Å². The molecule has 0 aromatic heterocycles. The Bertz CT molecular complexity index is 181. The second-order valence-electron chi connectivity index (χ2n) is 3.78. The predicted molar refractivity (Wildman–Crippen MR) is 55.1 cm³/mol. The summed E-state index contributed by atoms with van der Waals surface area (Å²) in [6, 6.07) is 0.435. The first-order valence-corrected chi connectivity index (χ1v) is 5.20. The molecule has 1 atom stereocenters. The first-order chi connectivity index (χ1) is 6.77. The molecule has 1 unspecified atom stereocenters. The SMILES string of the molecule is CNC(=O)CCNC(COC)C1CC1. The predicted octanol–water partition coefficient (Wildman–Crippen LogP) is 0.137. The maximum Gasteiger partial charge on any atom is 0.221 e. The molecular weight excluding hydrogens is 180 g/mol. The van der Waals surface area contributed by atoms with Crippen LogP contribution in [0.15, 0.2) is 0 Å². The van der Waals surface area contributed by atoms with E-state index in [0.717, 1.165) is 19.1 Å². The van der Waals surface area contributed by atoms with E-state index in [9.17, 15) is 4.79 Å². The second kappa shape index (κ2) is 5.98. The van der Waals surface area contributed by atoms with Crippen LogP contribution < -0.4 is 10.6 Å². The van der Waals surface area contributed by atoms with E-state index >= 15 is 0 Å². The number of hydrogen-bond donors (Lipinski definition) is 2. The molecule has 0 aromatic carbocycles. The quantitative estimate of drug-likeness (QED) is 0.614. The van der Waals surface area contributed by atoms with E-state index < -0.39 is 0 Å². The van der Waals surface area contributed by atoms with Gasteiger partial charge in [-0.3, -0.25) is 4.79 Å². The molecule has 0 aliphatic heterocycles. The Labute approximate surface area is 85.4 Å². The summed E-state index contributed by atoms with van der Waals surface area (Å²) in [6.07, 6.45) is 3.13. The lowest BCUT2D eigenvalue weighted by molar-refractivity contribution is -0.120. The highest BCUT2D eigenvalue weighted by Crippen LogP contribution is 2.32. The number of hydrogen-bond acceptors (Lipinski definition) is 3. The topological polar surface area (TPSA) is 50.4 Å². The second-order valence-corrected chi connectivity index (χ2v) is 3.78. The van der Waals surface area contributed by atoms with Crippen molar-refractivity contribution in [3.63, 3.8) is 0 Å². The van der Waals surface area contributed by atoms with Gasteiger partial charge in [0.05, 0.1) is 6.61 Å². The molecule has 1 amide bonds. The zero-order valence-corrected chi connectivity index (χ0v) is 9.01. The highest BCUT2D eigenvalue weighted by molar-refractivity contribution is 5.75. The van der Waals surface area contributed by atoms with Crippen molar-refractivity contribution in [2.45, 2.75) is 25.3 Å². The van der Waals surface area contributed by atoms with Gasteiger partial charge in [-0.2, -0.15) is 0 Å². The number of carbonyl (C=O) groups is 1. The molecule has 0 aromatic rings. The number of carbonyl (C=O) groups excluding carboxylic acids is 1. The van der Waals surface area contributed by atoms with E-state index in [1.807, 2.05) is 0 Å². The van der Waals surface area contributed by atoms with Crippen molar-refractivity contribution < 1.29 is 9.53 Å². The largest absolute Gasteiger partial charge is 0.383 e. The van der Waals surface area contributed by atoms with Crippen LogP contribution in [-0.2, 0) is 9.53 Å². The zero-order valence-electron chi connectivity index (χ0n) is 9.01. The molecule has 1 saturated carbocycles. The molecular formula is C10H20N2O2. The number of rotatable bonds is 7. The van der Waals surface area contributed by atoms with E-state index in [1.54, 1.807) is 14.2 Å². The molecule has 4 nitrogen and oxygen atoms in total. The highest BCUT2D eigenvalue weighted by atomic mass is 16.5. The normalized spacial score (nSPS) is 17.9. The summed E-state index contributed by atoms with van der Waals surface area (Å²) in [5, 5.41) is 5.97. The minimum Gasteiger partial charge on any atom is -0.383 e. The summed E-state index contributed by atoms with van der Waals surface area (Å²) >= 11 is 0. The summed E-state index contributed by atoms with van der Waals surface area (Å²) in [5.41, 5.74) is 0. The van der Waals surface area contributed by atoms with Crippen molar-refractivity contribution in [3.05, 3.63) is 0 Å². The number of amides is 1. The van der Waals surface area contributed by atoms with Crippen molar-refractivity contribution in [2.75, 3.05) is 27.3 Å². The summed E-state index contributed by atoms with van der Waals surface area (Å²) in [4.78, 5) is 11.0.